The summed E-state index contributed by atoms with van der Waals surface area (Å²) in [5.41, 5.74) is 2.38. The van der Waals surface area contributed by atoms with Crippen molar-refractivity contribution in [3.05, 3.63) is 36.0 Å². The molecule has 0 aliphatic carbocycles. The molecule has 0 aliphatic rings. The minimum Gasteiger partial charge on any atom is -0.0958 e. The molecule has 0 heterocycles. The molecule has 0 aromatic heterocycles. The third-order valence-corrected chi connectivity index (χ3v) is 1.21. The van der Waals surface area contributed by atoms with Crippen molar-refractivity contribution in [2.45, 2.75) is 20.8 Å². The summed E-state index contributed by atoms with van der Waals surface area (Å²) >= 11 is 0. The molecule has 0 aromatic rings. The molecule has 50 valence electrons. The third kappa shape index (κ3) is 3.77. The van der Waals surface area contributed by atoms with Crippen LogP contribution in [0.2, 0.25) is 0 Å². The topological polar surface area (TPSA) is 0 Å². The van der Waals surface area contributed by atoms with Gasteiger partial charge in [0.05, 0.1) is 0 Å². The Morgan fingerprint density at radius 1 is 1.33 bits per heavy atom. The van der Waals surface area contributed by atoms with Crippen LogP contribution >= 0.6 is 0 Å². The molecule has 9 heavy (non-hydrogen) atoms. The van der Waals surface area contributed by atoms with Gasteiger partial charge < -0.3 is 0 Å². The van der Waals surface area contributed by atoms with E-state index >= 15 is 0 Å². The van der Waals surface area contributed by atoms with Gasteiger partial charge in [0, 0.05) is 0 Å². The fourth-order valence-electron chi connectivity index (χ4n) is 0.383. The maximum absolute atomic E-state index is 3.81. The maximum atomic E-state index is 3.81. The van der Waals surface area contributed by atoms with Crippen molar-refractivity contribution < 1.29 is 0 Å². The molecule has 0 aliphatic heterocycles. The van der Waals surface area contributed by atoms with Crippen molar-refractivity contribution in [2.24, 2.45) is 0 Å². The van der Waals surface area contributed by atoms with Crippen LogP contribution in [-0.4, -0.2) is 0 Å². The average Bonchev–Trinajstić information content (AvgIpc) is 1.82. The fourth-order valence-corrected chi connectivity index (χ4v) is 0.383. The Bertz CT molecular complexity index is 147. The molecule has 0 bridgehead atoms. The first-order chi connectivity index (χ1) is 4.18. The van der Waals surface area contributed by atoms with Crippen LogP contribution in [0.4, 0.5) is 0 Å². The lowest BCUT2D eigenvalue weighted by molar-refractivity contribution is 1.36. The van der Waals surface area contributed by atoms with Gasteiger partial charge in [-0.05, 0) is 26.3 Å². The van der Waals surface area contributed by atoms with E-state index in [-0.39, 0.29) is 0 Å². The zero-order chi connectivity index (χ0) is 7.28. The van der Waals surface area contributed by atoms with Crippen molar-refractivity contribution in [3.63, 3.8) is 0 Å². The quantitative estimate of drug-likeness (QED) is 0.494. The molecular formula is C9H14. The Morgan fingerprint density at radius 3 is 2.22 bits per heavy atom. The lowest BCUT2D eigenvalue weighted by Crippen LogP contribution is -1.72. The van der Waals surface area contributed by atoms with Gasteiger partial charge in [-0.25, -0.2) is 0 Å². The first-order valence-electron chi connectivity index (χ1n) is 3.14. The van der Waals surface area contributed by atoms with Crippen molar-refractivity contribution in [2.75, 3.05) is 0 Å². The highest BCUT2D eigenvalue weighted by atomic mass is 13.9. The van der Waals surface area contributed by atoms with E-state index in [1.54, 1.807) is 0 Å². The van der Waals surface area contributed by atoms with E-state index in [2.05, 4.69) is 19.6 Å². The van der Waals surface area contributed by atoms with E-state index in [1.807, 2.05) is 26.0 Å². The second kappa shape index (κ2) is 4.13. The van der Waals surface area contributed by atoms with Crippen molar-refractivity contribution in [1.29, 1.82) is 0 Å². The van der Waals surface area contributed by atoms with Gasteiger partial charge in [-0.2, -0.15) is 0 Å². The van der Waals surface area contributed by atoms with Gasteiger partial charge in [0.15, 0.2) is 0 Å². The second-order valence-electron chi connectivity index (χ2n) is 2.16. The van der Waals surface area contributed by atoms with Gasteiger partial charge in [-0.15, -0.1) is 0 Å². The summed E-state index contributed by atoms with van der Waals surface area (Å²) in [5, 5.41) is 0. The molecular weight excluding hydrogens is 108 g/mol. The van der Waals surface area contributed by atoms with Crippen molar-refractivity contribution in [1.82, 2.24) is 0 Å². The average molecular weight is 122 g/mol. The van der Waals surface area contributed by atoms with E-state index < -0.39 is 0 Å². The smallest absolute Gasteiger partial charge is 0.0395 e. The standard InChI is InChI=1S/C9H14/c1-5-6-7-9(4)8(2)3/h5-7H,2H2,1,3-4H3/b6-5+,9-7-. The molecule has 0 heteroatoms. The lowest BCUT2D eigenvalue weighted by Gasteiger charge is -1.93. The second-order valence-corrected chi connectivity index (χ2v) is 2.16. The SMILES string of the molecule is C=C(C)/C(C)=C\C=C\C. The highest BCUT2D eigenvalue weighted by Gasteiger charge is 1.83. The summed E-state index contributed by atoms with van der Waals surface area (Å²) in [5.74, 6) is 0. The summed E-state index contributed by atoms with van der Waals surface area (Å²) in [6.45, 7) is 9.88. The monoisotopic (exact) mass is 122 g/mol. The molecule has 0 radical (unpaired) electrons. The predicted octanol–water partition coefficient (Wildman–Crippen LogP) is 3.08. The number of hydrogen-bond acceptors (Lipinski definition) is 0. The maximum Gasteiger partial charge on any atom is -0.0395 e. The van der Waals surface area contributed by atoms with Crippen LogP contribution in [0, 0.1) is 0 Å². The van der Waals surface area contributed by atoms with Gasteiger partial charge in [0.1, 0.15) is 0 Å². The van der Waals surface area contributed by atoms with Gasteiger partial charge in [0.25, 0.3) is 0 Å². The summed E-state index contributed by atoms with van der Waals surface area (Å²) in [6, 6.07) is 0. The Balaban J connectivity index is 4.00. The molecule has 0 saturated heterocycles. The molecule has 0 saturated carbocycles. The van der Waals surface area contributed by atoms with E-state index in [4.69, 9.17) is 0 Å². The van der Waals surface area contributed by atoms with E-state index in [9.17, 15) is 0 Å². The minimum absolute atomic E-state index is 1.13. The first-order valence-corrected chi connectivity index (χ1v) is 3.14. The van der Waals surface area contributed by atoms with Crippen LogP contribution in [0.1, 0.15) is 20.8 Å². The Hall–Kier alpha value is -0.780. The van der Waals surface area contributed by atoms with E-state index in [1.165, 1.54) is 5.57 Å². The zero-order valence-electron chi connectivity index (χ0n) is 6.44. The fraction of sp³-hybridized carbons (Fsp3) is 0.333. The number of allylic oxidation sites excluding steroid dienone is 5. The normalized spacial score (nSPS) is 12.6. The molecule has 0 N–H and O–H groups in total. The summed E-state index contributed by atoms with van der Waals surface area (Å²) in [7, 11) is 0. The summed E-state index contributed by atoms with van der Waals surface area (Å²) < 4.78 is 0. The number of rotatable bonds is 2. The molecule has 0 rings (SSSR count). The molecule has 0 aromatic carbocycles. The number of hydrogen-bond donors (Lipinski definition) is 0. The highest BCUT2D eigenvalue weighted by Crippen LogP contribution is 2.03. The van der Waals surface area contributed by atoms with Crippen molar-refractivity contribution >= 4 is 0 Å². The minimum atomic E-state index is 1.13. The van der Waals surface area contributed by atoms with E-state index in [0.717, 1.165) is 5.57 Å². The molecule has 0 unspecified atom stereocenters. The van der Waals surface area contributed by atoms with Crippen LogP contribution in [0.5, 0.6) is 0 Å². The van der Waals surface area contributed by atoms with E-state index in [0.29, 0.717) is 0 Å². The Kier molecular flexibility index (Phi) is 3.78. The Labute approximate surface area is 57.6 Å². The van der Waals surface area contributed by atoms with Crippen molar-refractivity contribution in [3.8, 4) is 0 Å². The molecule has 0 fully saturated rings. The zero-order valence-corrected chi connectivity index (χ0v) is 6.44. The van der Waals surface area contributed by atoms with Gasteiger partial charge in [0.2, 0.25) is 0 Å². The van der Waals surface area contributed by atoms with Crippen LogP contribution in [0.25, 0.3) is 0 Å². The summed E-state index contributed by atoms with van der Waals surface area (Å²) in [6.07, 6.45) is 6.08. The molecule has 0 atom stereocenters. The lowest BCUT2D eigenvalue weighted by atomic mass is 10.1. The Morgan fingerprint density at radius 2 is 1.89 bits per heavy atom. The highest BCUT2D eigenvalue weighted by molar-refractivity contribution is 5.27. The van der Waals surface area contributed by atoms with Gasteiger partial charge >= 0.3 is 0 Å². The van der Waals surface area contributed by atoms with Crippen LogP contribution in [-0.2, 0) is 0 Å². The summed E-state index contributed by atoms with van der Waals surface area (Å²) in [4.78, 5) is 0. The largest absolute Gasteiger partial charge is 0.0958 e. The molecule has 0 nitrogen and oxygen atoms in total. The van der Waals surface area contributed by atoms with Crippen LogP contribution < -0.4 is 0 Å². The third-order valence-electron chi connectivity index (χ3n) is 1.21. The van der Waals surface area contributed by atoms with Gasteiger partial charge in [-0.1, -0.05) is 30.4 Å². The first kappa shape index (κ1) is 8.22. The van der Waals surface area contributed by atoms with Crippen LogP contribution in [0.15, 0.2) is 36.0 Å². The predicted molar refractivity (Wildman–Crippen MR) is 43.4 cm³/mol. The van der Waals surface area contributed by atoms with Gasteiger partial charge in [-0.3, -0.25) is 0 Å². The molecule has 0 amide bonds. The van der Waals surface area contributed by atoms with Crippen LogP contribution in [0.3, 0.4) is 0 Å². The molecule has 0 spiro atoms.